The molecule has 1 heterocycles. The molecule has 0 bridgehead atoms. The van der Waals surface area contributed by atoms with Crippen molar-refractivity contribution in [1.82, 2.24) is 4.98 Å². The fraction of sp³-hybridized carbons (Fsp3) is 0. The van der Waals surface area contributed by atoms with Gasteiger partial charge in [0.2, 0.25) is 0 Å². The predicted octanol–water partition coefficient (Wildman–Crippen LogP) is 4.24. The van der Waals surface area contributed by atoms with Crippen molar-refractivity contribution in [3.63, 3.8) is 0 Å². The summed E-state index contributed by atoms with van der Waals surface area (Å²) in [5, 5.41) is 9.95. The molecule has 1 aromatic heterocycles. The van der Waals surface area contributed by atoms with E-state index in [4.69, 9.17) is 28.3 Å². The number of hydrogen-bond donors (Lipinski definition) is 1. The Morgan fingerprint density at radius 3 is 2.67 bits per heavy atom. The van der Waals surface area contributed by atoms with Crippen LogP contribution in [0.1, 0.15) is 10.4 Å². The lowest BCUT2D eigenvalue weighted by Gasteiger charge is -2.05. The molecular formula is C12H7Cl2NO2S. The summed E-state index contributed by atoms with van der Waals surface area (Å²) in [7, 11) is 0. The fourth-order valence-corrected chi connectivity index (χ4v) is 2.61. The molecule has 3 nitrogen and oxygen atoms in total. The number of rotatable bonds is 3. The Bertz CT molecular complexity index is 604. The first kappa shape index (κ1) is 13.2. The molecule has 6 heteroatoms. The van der Waals surface area contributed by atoms with Gasteiger partial charge in [0, 0.05) is 22.2 Å². The van der Waals surface area contributed by atoms with E-state index in [9.17, 15) is 4.79 Å². The molecule has 0 spiro atoms. The van der Waals surface area contributed by atoms with Gasteiger partial charge in [0.05, 0.1) is 15.6 Å². The van der Waals surface area contributed by atoms with Crippen LogP contribution in [0.25, 0.3) is 0 Å². The Hall–Kier alpha value is -1.23. The molecule has 0 saturated heterocycles. The van der Waals surface area contributed by atoms with Gasteiger partial charge >= 0.3 is 5.97 Å². The number of benzene rings is 1. The number of aromatic carboxylic acids is 1. The van der Waals surface area contributed by atoms with Crippen molar-refractivity contribution in [1.29, 1.82) is 0 Å². The molecule has 92 valence electrons. The molecule has 2 aromatic rings. The van der Waals surface area contributed by atoms with E-state index in [2.05, 4.69) is 4.98 Å². The van der Waals surface area contributed by atoms with Gasteiger partial charge in [0.15, 0.2) is 0 Å². The van der Waals surface area contributed by atoms with E-state index in [1.165, 1.54) is 30.2 Å². The van der Waals surface area contributed by atoms with Crippen LogP contribution in [0.2, 0.25) is 10.0 Å². The van der Waals surface area contributed by atoms with Gasteiger partial charge in [-0.25, -0.2) is 4.79 Å². The van der Waals surface area contributed by atoms with Gasteiger partial charge in [-0.2, -0.15) is 0 Å². The van der Waals surface area contributed by atoms with Crippen molar-refractivity contribution in [2.75, 3.05) is 0 Å². The lowest BCUT2D eigenvalue weighted by molar-refractivity contribution is 0.0693. The Morgan fingerprint density at radius 2 is 2.00 bits per heavy atom. The molecule has 0 aliphatic rings. The average Bonchev–Trinajstić information content (AvgIpc) is 2.34. The first-order valence-corrected chi connectivity index (χ1v) is 6.45. The van der Waals surface area contributed by atoms with E-state index in [-0.39, 0.29) is 5.56 Å². The summed E-state index contributed by atoms with van der Waals surface area (Å²) in [6.07, 6.45) is 2.96. The maximum atomic E-state index is 11.0. The zero-order valence-electron chi connectivity index (χ0n) is 8.93. The van der Waals surface area contributed by atoms with E-state index >= 15 is 0 Å². The summed E-state index contributed by atoms with van der Waals surface area (Å²) in [5.41, 5.74) is 0.209. The molecule has 0 amide bonds. The second-order valence-corrected chi connectivity index (χ2v) is 5.28. The third-order valence-corrected chi connectivity index (χ3v) is 3.91. The Kier molecular flexibility index (Phi) is 4.11. The molecular weight excluding hydrogens is 293 g/mol. The molecule has 18 heavy (non-hydrogen) atoms. The minimum Gasteiger partial charge on any atom is -0.478 e. The summed E-state index contributed by atoms with van der Waals surface area (Å²) in [5.74, 6) is -0.986. The first-order valence-electron chi connectivity index (χ1n) is 4.88. The third kappa shape index (κ3) is 2.96. The molecule has 1 N–H and O–H groups in total. The van der Waals surface area contributed by atoms with Crippen LogP contribution >= 0.6 is 35.0 Å². The Balaban J connectivity index is 2.34. The maximum absolute atomic E-state index is 11.0. The highest BCUT2D eigenvalue weighted by molar-refractivity contribution is 7.99. The lowest BCUT2D eigenvalue weighted by Crippen LogP contribution is -1.98. The molecule has 0 aliphatic carbocycles. The van der Waals surface area contributed by atoms with Crippen molar-refractivity contribution < 1.29 is 9.90 Å². The first-order chi connectivity index (χ1) is 8.58. The second kappa shape index (κ2) is 5.61. The Labute approximate surface area is 118 Å². The van der Waals surface area contributed by atoms with Crippen LogP contribution < -0.4 is 0 Å². The highest BCUT2D eigenvalue weighted by Crippen LogP contribution is 2.33. The normalized spacial score (nSPS) is 10.3. The smallest absolute Gasteiger partial charge is 0.336 e. The van der Waals surface area contributed by atoms with Crippen LogP contribution in [0, 0.1) is 0 Å². The number of pyridine rings is 1. The predicted molar refractivity (Wildman–Crippen MR) is 71.8 cm³/mol. The molecule has 0 radical (unpaired) electrons. The quantitative estimate of drug-likeness (QED) is 0.921. The van der Waals surface area contributed by atoms with E-state index in [0.29, 0.717) is 14.9 Å². The van der Waals surface area contributed by atoms with E-state index in [1.807, 2.05) is 0 Å². The van der Waals surface area contributed by atoms with Crippen molar-refractivity contribution in [2.45, 2.75) is 9.79 Å². The molecule has 0 saturated carbocycles. The zero-order valence-corrected chi connectivity index (χ0v) is 11.3. The van der Waals surface area contributed by atoms with Gasteiger partial charge in [-0.1, -0.05) is 35.0 Å². The van der Waals surface area contributed by atoms with E-state index in [0.717, 1.165) is 4.90 Å². The number of aromatic nitrogens is 1. The van der Waals surface area contributed by atoms with Crippen molar-refractivity contribution in [3.8, 4) is 0 Å². The largest absolute Gasteiger partial charge is 0.478 e. The minimum absolute atomic E-state index is 0.209. The van der Waals surface area contributed by atoms with Gasteiger partial charge in [0.1, 0.15) is 0 Å². The average molecular weight is 300 g/mol. The summed E-state index contributed by atoms with van der Waals surface area (Å²) in [4.78, 5) is 16.3. The second-order valence-electron chi connectivity index (χ2n) is 3.35. The summed E-state index contributed by atoms with van der Waals surface area (Å²) in [6.45, 7) is 0. The van der Waals surface area contributed by atoms with Gasteiger partial charge in [0.25, 0.3) is 0 Å². The standard InChI is InChI=1S/C12H7Cl2NO2S/c13-9-2-1-7(5-10(9)14)18-11-6-15-4-3-8(11)12(16)17/h1-6H,(H,16,17). The third-order valence-electron chi connectivity index (χ3n) is 2.13. The number of carboxylic acids is 1. The SMILES string of the molecule is O=C(O)c1ccncc1Sc1ccc(Cl)c(Cl)c1. The van der Waals surface area contributed by atoms with Crippen LogP contribution in [0.5, 0.6) is 0 Å². The summed E-state index contributed by atoms with van der Waals surface area (Å²) < 4.78 is 0. The molecule has 1 aromatic carbocycles. The summed E-state index contributed by atoms with van der Waals surface area (Å²) >= 11 is 13.0. The highest BCUT2D eigenvalue weighted by Gasteiger charge is 2.11. The molecule has 2 rings (SSSR count). The van der Waals surface area contributed by atoms with Crippen molar-refractivity contribution in [3.05, 3.63) is 52.3 Å². The number of hydrogen-bond acceptors (Lipinski definition) is 3. The van der Waals surface area contributed by atoms with E-state index < -0.39 is 5.97 Å². The Morgan fingerprint density at radius 1 is 1.22 bits per heavy atom. The zero-order chi connectivity index (χ0) is 13.1. The van der Waals surface area contributed by atoms with E-state index in [1.54, 1.807) is 18.2 Å². The fourth-order valence-electron chi connectivity index (χ4n) is 1.31. The number of nitrogens with zero attached hydrogens (tertiary/aromatic N) is 1. The van der Waals surface area contributed by atoms with Crippen molar-refractivity contribution >= 4 is 40.9 Å². The lowest BCUT2D eigenvalue weighted by atomic mass is 10.3. The molecule has 0 fully saturated rings. The molecule has 0 unspecified atom stereocenters. The topological polar surface area (TPSA) is 50.2 Å². The van der Waals surface area contributed by atoms with Gasteiger partial charge in [-0.15, -0.1) is 0 Å². The van der Waals surface area contributed by atoms with Crippen LogP contribution in [0.15, 0.2) is 46.5 Å². The molecule has 0 aliphatic heterocycles. The number of carboxylic acid groups (broad SMARTS) is 1. The minimum atomic E-state index is -0.986. The molecule has 0 atom stereocenters. The van der Waals surface area contributed by atoms with Crippen LogP contribution in [0.3, 0.4) is 0 Å². The van der Waals surface area contributed by atoms with Crippen molar-refractivity contribution in [2.24, 2.45) is 0 Å². The number of halogens is 2. The van der Waals surface area contributed by atoms with Crippen LogP contribution in [-0.2, 0) is 0 Å². The van der Waals surface area contributed by atoms with Gasteiger partial charge in [-0.05, 0) is 24.3 Å². The van der Waals surface area contributed by atoms with Crippen LogP contribution in [-0.4, -0.2) is 16.1 Å². The van der Waals surface area contributed by atoms with Gasteiger partial charge in [-0.3, -0.25) is 4.98 Å². The number of carbonyl (C=O) groups is 1. The highest BCUT2D eigenvalue weighted by atomic mass is 35.5. The van der Waals surface area contributed by atoms with Gasteiger partial charge < -0.3 is 5.11 Å². The monoisotopic (exact) mass is 299 g/mol. The maximum Gasteiger partial charge on any atom is 0.336 e. The van der Waals surface area contributed by atoms with Crippen LogP contribution in [0.4, 0.5) is 0 Å². The summed E-state index contributed by atoms with van der Waals surface area (Å²) in [6, 6.07) is 6.59.